The van der Waals surface area contributed by atoms with E-state index in [1.807, 2.05) is 6.07 Å². The maximum atomic E-state index is 9.36. The van der Waals surface area contributed by atoms with Gasteiger partial charge in [0.05, 0.1) is 11.0 Å². The van der Waals surface area contributed by atoms with E-state index in [1.165, 1.54) is 5.56 Å². The molecule has 0 amide bonds. The topological polar surface area (TPSA) is 48.9 Å². The van der Waals surface area contributed by atoms with Gasteiger partial charge in [0, 0.05) is 0 Å². The zero-order valence-corrected chi connectivity index (χ0v) is 8.41. The summed E-state index contributed by atoms with van der Waals surface area (Å²) in [5.74, 6) is 0.633. The normalized spacial score (nSPS) is 13.4. The molecule has 0 fully saturated rings. The number of rotatable bonds is 2. The molecule has 0 radical (unpaired) electrons. The monoisotopic (exact) mass is 190 g/mol. The smallest absolute Gasteiger partial charge is 0.135 e. The third-order valence-corrected chi connectivity index (χ3v) is 2.37. The Hall–Kier alpha value is -1.35. The molecule has 1 aromatic heterocycles. The van der Waals surface area contributed by atoms with Gasteiger partial charge in [-0.15, -0.1) is 0 Å². The van der Waals surface area contributed by atoms with E-state index in [4.69, 9.17) is 0 Å². The number of hydrogen-bond acceptors (Lipinski definition) is 2. The molecule has 14 heavy (non-hydrogen) atoms. The number of nitrogens with zero attached hydrogens (tertiary/aromatic N) is 1. The lowest BCUT2D eigenvalue weighted by Gasteiger charge is -1.95. The van der Waals surface area contributed by atoms with E-state index in [2.05, 4.69) is 29.0 Å². The van der Waals surface area contributed by atoms with Crippen LogP contribution in [0, 0.1) is 0 Å². The van der Waals surface area contributed by atoms with Crippen LogP contribution in [0.2, 0.25) is 0 Å². The van der Waals surface area contributed by atoms with Gasteiger partial charge in [0.2, 0.25) is 0 Å². The molecule has 2 aromatic rings. The van der Waals surface area contributed by atoms with Crippen molar-refractivity contribution in [2.45, 2.75) is 26.4 Å². The molecule has 2 rings (SSSR count). The lowest BCUT2D eigenvalue weighted by Crippen LogP contribution is -1.92. The van der Waals surface area contributed by atoms with Gasteiger partial charge in [-0.2, -0.15) is 0 Å². The Morgan fingerprint density at radius 3 is 2.93 bits per heavy atom. The first-order chi connectivity index (χ1) is 6.70. The molecule has 1 atom stereocenters. The van der Waals surface area contributed by atoms with Crippen molar-refractivity contribution in [3.63, 3.8) is 0 Å². The average molecular weight is 190 g/mol. The van der Waals surface area contributed by atoms with E-state index >= 15 is 0 Å². The number of aryl methyl sites for hydroxylation is 1. The predicted octanol–water partition coefficient (Wildman–Crippen LogP) is 2.18. The average Bonchev–Trinajstić information content (AvgIpc) is 2.59. The van der Waals surface area contributed by atoms with Gasteiger partial charge in [-0.1, -0.05) is 13.0 Å². The van der Waals surface area contributed by atoms with Crippen molar-refractivity contribution in [3.8, 4) is 0 Å². The highest BCUT2D eigenvalue weighted by molar-refractivity contribution is 5.75. The van der Waals surface area contributed by atoms with Crippen LogP contribution < -0.4 is 0 Å². The molecule has 1 aromatic carbocycles. The third-order valence-electron chi connectivity index (χ3n) is 2.37. The molecule has 0 aliphatic heterocycles. The van der Waals surface area contributed by atoms with Crippen LogP contribution in [0.25, 0.3) is 11.0 Å². The summed E-state index contributed by atoms with van der Waals surface area (Å²) in [7, 11) is 0. The molecule has 2 N–H and O–H groups in total. The number of aliphatic hydroxyl groups excluding tert-OH is 1. The summed E-state index contributed by atoms with van der Waals surface area (Å²) < 4.78 is 0. The summed E-state index contributed by atoms with van der Waals surface area (Å²) in [4.78, 5) is 7.39. The maximum Gasteiger partial charge on any atom is 0.135 e. The van der Waals surface area contributed by atoms with Gasteiger partial charge in [0.1, 0.15) is 11.9 Å². The number of fused-ring (bicyclic) bond motifs is 1. The van der Waals surface area contributed by atoms with Crippen LogP contribution in [0.5, 0.6) is 0 Å². The van der Waals surface area contributed by atoms with Crippen molar-refractivity contribution in [3.05, 3.63) is 29.6 Å². The minimum Gasteiger partial charge on any atom is -0.385 e. The Kier molecular flexibility index (Phi) is 2.25. The van der Waals surface area contributed by atoms with E-state index in [-0.39, 0.29) is 0 Å². The standard InChI is InChI=1S/C11H14N2O/c1-3-8-4-5-9-10(6-8)13-11(12-9)7(2)14/h4-7,14H,3H2,1-2H3,(H,12,13). The van der Waals surface area contributed by atoms with Crippen LogP contribution in [0.15, 0.2) is 18.2 Å². The number of aromatic nitrogens is 2. The summed E-state index contributed by atoms with van der Waals surface area (Å²) in [6.07, 6.45) is 0.478. The number of nitrogens with one attached hydrogen (secondary N) is 1. The van der Waals surface area contributed by atoms with Gasteiger partial charge in [-0.25, -0.2) is 4.98 Å². The fraction of sp³-hybridized carbons (Fsp3) is 0.364. The predicted molar refractivity (Wildman–Crippen MR) is 56.1 cm³/mol. The number of aromatic amines is 1. The van der Waals surface area contributed by atoms with Crippen molar-refractivity contribution in [2.75, 3.05) is 0 Å². The fourth-order valence-corrected chi connectivity index (χ4v) is 1.49. The van der Waals surface area contributed by atoms with E-state index < -0.39 is 6.10 Å². The minimum atomic E-state index is -0.535. The second-order valence-electron chi connectivity index (χ2n) is 3.50. The number of hydrogen-bond donors (Lipinski definition) is 2. The summed E-state index contributed by atoms with van der Waals surface area (Å²) in [6, 6.07) is 6.12. The van der Waals surface area contributed by atoms with E-state index in [1.54, 1.807) is 6.92 Å². The van der Waals surface area contributed by atoms with Gasteiger partial charge >= 0.3 is 0 Å². The lowest BCUT2D eigenvalue weighted by molar-refractivity contribution is 0.190. The zero-order valence-electron chi connectivity index (χ0n) is 8.41. The second-order valence-corrected chi connectivity index (χ2v) is 3.50. The SMILES string of the molecule is CCc1ccc2nc(C(C)O)[nH]c2c1. The molecule has 3 heteroatoms. The molecule has 74 valence electrons. The van der Waals surface area contributed by atoms with Crippen LogP contribution in [0.3, 0.4) is 0 Å². The highest BCUT2D eigenvalue weighted by atomic mass is 16.3. The Labute approximate surface area is 82.8 Å². The number of aliphatic hydroxyl groups is 1. The fourth-order valence-electron chi connectivity index (χ4n) is 1.49. The Bertz CT molecular complexity index is 445. The van der Waals surface area contributed by atoms with Crippen LogP contribution in [-0.2, 0) is 6.42 Å². The van der Waals surface area contributed by atoms with Gasteiger partial charge < -0.3 is 10.1 Å². The first-order valence-corrected chi connectivity index (χ1v) is 4.87. The largest absolute Gasteiger partial charge is 0.385 e. The van der Waals surface area contributed by atoms with Gasteiger partial charge in [-0.05, 0) is 31.0 Å². The quantitative estimate of drug-likeness (QED) is 0.762. The molecule has 1 heterocycles. The number of imidazole rings is 1. The van der Waals surface area contributed by atoms with Crippen molar-refractivity contribution < 1.29 is 5.11 Å². The van der Waals surface area contributed by atoms with Gasteiger partial charge in [0.15, 0.2) is 0 Å². The van der Waals surface area contributed by atoms with E-state index in [0.29, 0.717) is 5.82 Å². The molecular formula is C11H14N2O. The van der Waals surface area contributed by atoms with Gasteiger partial charge in [-0.3, -0.25) is 0 Å². The van der Waals surface area contributed by atoms with Crippen LogP contribution in [0.1, 0.15) is 31.3 Å². The van der Waals surface area contributed by atoms with Crippen molar-refractivity contribution >= 4 is 11.0 Å². The summed E-state index contributed by atoms with van der Waals surface area (Å²) >= 11 is 0. The van der Waals surface area contributed by atoms with Crippen molar-refractivity contribution in [2.24, 2.45) is 0 Å². The van der Waals surface area contributed by atoms with Crippen LogP contribution >= 0.6 is 0 Å². The highest BCUT2D eigenvalue weighted by Gasteiger charge is 2.07. The van der Waals surface area contributed by atoms with Crippen molar-refractivity contribution in [1.29, 1.82) is 0 Å². The molecule has 0 aliphatic rings. The highest BCUT2D eigenvalue weighted by Crippen LogP contribution is 2.17. The molecule has 0 aliphatic carbocycles. The molecule has 1 unspecified atom stereocenters. The molecule has 0 bridgehead atoms. The van der Waals surface area contributed by atoms with E-state index in [9.17, 15) is 5.11 Å². The first kappa shape index (κ1) is 9.21. The Morgan fingerprint density at radius 1 is 1.50 bits per heavy atom. The minimum absolute atomic E-state index is 0.535. The lowest BCUT2D eigenvalue weighted by atomic mass is 10.1. The molecule has 0 saturated heterocycles. The molecule has 0 saturated carbocycles. The molecule has 0 spiro atoms. The van der Waals surface area contributed by atoms with E-state index in [0.717, 1.165) is 17.5 Å². The van der Waals surface area contributed by atoms with Crippen LogP contribution in [0.4, 0.5) is 0 Å². The Morgan fingerprint density at radius 2 is 2.29 bits per heavy atom. The molecular weight excluding hydrogens is 176 g/mol. The maximum absolute atomic E-state index is 9.36. The van der Waals surface area contributed by atoms with Crippen molar-refractivity contribution in [1.82, 2.24) is 9.97 Å². The van der Waals surface area contributed by atoms with Crippen LogP contribution in [-0.4, -0.2) is 15.1 Å². The Balaban J connectivity index is 2.54. The van der Waals surface area contributed by atoms with Gasteiger partial charge in [0.25, 0.3) is 0 Å². The number of H-pyrrole nitrogens is 1. The number of benzene rings is 1. The zero-order chi connectivity index (χ0) is 10.1. The second kappa shape index (κ2) is 3.42. The first-order valence-electron chi connectivity index (χ1n) is 4.87. The summed E-state index contributed by atoms with van der Waals surface area (Å²) in [6.45, 7) is 3.82. The summed E-state index contributed by atoms with van der Waals surface area (Å²) in [5.41, 5.74) is 3.19. The summed E-state index contributed by atoms with van der Waals surface area (Å²) in [5, 5.41) is 9.36. The third kappa shape index (κ3) is 1.51. The molecule has 3 nitrogen and oxygen atoms in total.